The van der Waals surface area contributed by atoms with Gasteiger partial charge in [-0.3, -0.25) is 9.69 Å². The molecule has 1 fully saturated rings. The van der Waals surface area contributed by atoms with Crippen molar-refractivity contribution in [2.45, 2.75) is 6.42 Å². The lowest BCUT2D eigenvalue weighted by atomic mass is 10.2. The fraction of sp³-hybridized carbons (Fsp3) is 0.409. The predicted octanol–water partition coefficient (Wildman–Crippen LogP) is 2.71. The van der Waals surface area contributed by atoms with Crippen molar-refractivity contribution in [3.05, 3.63) is 59.9 Å². The lowest BCUT2D eigenvalue weighted by molar-refractivity contribution is 0.0768. The second kappa shape index (κ2) is 8.01. The van der Waals surface area contributed by atoms with Crippen molar-refractivity contribution in [2.24, 2.45) is 7.05 Å². The minimum Gasteiger partial charge on any atom is -0.369 e. The van der Waals surface area contributed by atoms with E-state index in [9.17, 15) is 4.79 Å². The summed E-state index contributed by atoms with van der Waals surface area (Å²) in [5, 5.41) is 0. The Hall–Kier alpha value is -2.53. The van der Waals surface area contributed by atoms with E-state index in [0.29, 0.717) is 6.54 Å². The average molecular weight is 364 g/mol. The minimum atomic E-state index is 0.157. The Balaban J connectivity index is 1.25. The summed E-state index contributed by atoms with van der Waals surface area (Å²) in [5.74, 6) is 0.157. The first-order valence-electron chi connectivity index (χ1n) is 9.86. The Morgan fingerprint density at radius 1 is 0.963 bits per heavy atom. The highest BCUT2D eigenvalue weighted by Gasteiger charge is 2.22. The lowest BCUT2D eigenvalue weighted by Crippen LogP contribution is -2.47. The summed E-state index contributed by atoms with van der Waals surface area (Å²) in [6.45, 7) is 6.90. The molecule has 1 aromatic heterocycles. The quantitative estimate of drug-likeness (QED) is 0.818. The fourth-order valence-electron chi connectivity index (χ4n) is 4.02. The summed E-state index contributed by atoms with van der Waals surface area (Å²) in [7, 11) is 1.99. The molecule has 0 atom stereocenters. The molecule has 2 aliphatic heterocycles. The number of anilines is 1. The topological polar surface area (TPSA) is 31.7 Å². The van der Waals surface area contributed by atoms with Crippen LogP contribution in [0.4, 0.5) is 5.69 Å². The number of benzene rings is 1. The van der Waals surface area contributed by atoms with Gasteiger partial charge in [0.1, 0.15) is 0 Å². The van der Waals surface area contributed by atoms with Gasteiger partial charge in [-0.1, -0.05) is 24.3 Å². The SMILES string of the molecule is Cn1ccc2c1C=CCN(CCCN1CCN(c3ccccc3)CC1)C2=O. The molecule has 3 heterocycles. The van der Waals surface area contributed by atoms with Crippen LogP contribution < -0.4 is 4.90 Å². The Bertz CT molecular complexity index is 803. The molecule has 5 nitrogen and oxygen atoms in total. The van der Waals surface area contributed by atoms with Gasteiger partial charge in [0, 0.05) is 58.2 Å². The van der Waals surface area contributed by atoms with E-state index in [1.807, 2.05) is 28.8 Å². The molecule has 1 saturated heterocycles. The van der Waals surface area contributed by atoms with Crippen LogP contribution in [-0.2, 0) is 7.05 Å². The van der Waals surface area contributed by atoms with Gasteiger partial charge in [-0.15, -0.1) is 0 Å². The highest BCUT2D eigenvalue weighted by Crippen LogP contribution is 2.19. The van der Waals surface area contributed by atoms with Crippen molar-refractivity contribution < 1.29 is 4.79 Å². The van der Waals surface area contributed by atoms with E-state index in [0.717, 1.165) is 56.9 Å². The van der Waals surface area contributed by atoms with Crippen LogP contribution in [0.15, 0.2) is 48.7 Å². The standard InChI is InChI=1S/C22H28N4O/c1-23-14-10-20-21(23)9-5-12-26(22(20)27)13-6-11-24-15-17-25(18-16-24)19-7-3-2-4-8-19/h2-5,7-10,14H,6,11-13,15-18H2,1H3. The summed E-state index contributed by atoms with van der Waals surface area (Å²) in [6.07, 6.45) is 7.15. The molecular formula is C22H28N4O. The van der Waals surface area contributed by atoms with E-state index in [4.69, 9.17) is 0 Å². The van der Waals surface area contributed by atoms with Crippen LogP contribution in [0.1, 0.15) is 22.5 Å². The molecule has 0 radical (unpaired) electrons. The first-order valence-corrected chi connectivity index (χ1v) is 9.86. The van der Waals surface area contributed by atoms with Gasteiger partial charge in [0.05, 0.1) is 11.3 Å². The van der Waals surface area contributed by atoms with Crippen LogP contribution in [0.3, 0.4) is 0 Å². The molecule has 1 amide bonds. The van der Waals surface area contributed by atoms with Gasteiger partial charge >= 0.3 is 0 Å². The maximum atomic E-state index is 12.8. The number of carbonyl (C=O) groups is 1. The average Bonchev–Trinajstić information content (AvgIpc) is 2.99. The van der Waals surface area contributed by atoms with E-state index in [1.165, 1.54) is 5.69 Å². The van der Waals surface area contributed by atoms with Gasteiger partial charge < -0.3 is 14.4 Å². The number of para-hydroxylation sites is 1. The van der Waals surface area contributed by atoms with E-state index in [1.54, 1.807) is 0 Å². The number of fused-ring (bicyclic) bond motifs is 1. The largest absolute Gasteiger partial charge is 0.369 e. The normalized spacial score (nSPS) is 17.9. The molecule has 1 aromatic carbocycles. The number of hydrogen-bond acceptors (Lipinski definition) is 3. The van der Waals surface area contributed by atoms with E-state index < -0.39 is 0 Å². The molecular weight excluding hydrogens is 336 g/mol. The molecule has 27 heavy (non-hydrogen) atoms. The molecule has 4 rings (SSSR count). The fourth-order valence-corrected chi connectivity index (χ4v) is 4.02. The third kappa shape index (κ3) is 3.93. The molecule has 0 aliphatic carbocycles. The van der Waals surface area contributed by atoms with Crippen molar-refractivity contribution in [1.82, 2.24) is 14.4 Å². The number of carbonyl (C=O) groups excluding carboxylic acids is 1. The highest BCUT2D eigenvalue weighted by atomic mass is 16.2. The van der Waals surface area contributed by atoms with Gasteiger partial charge in [0.15, 0.2) is 0 Å². The van der Waals surface area contributed by atoms with Crippen molar-refractivity contribution in [3.8, 4) is 0 Å². The van der Waals surface area contributed by atoms with E-state index >= 15 is 0 Å². The first kappa shape index (κ1) is 17.9. The molecule has 0 bridgehead atoms. The van der Waals surface area contributed by atoms with Crippen LogP contribution in [0.25, 0.3) is 6.08 Å². The predicted molar refractivity (Wildman–Crippen MR) is 110 cm³/mol. The van der Waals surface area contributed by atoms with Crippen LogP contribution in [0.2, 0.25) is 0 Å². The van der Waals surface area contributed by atoms with Crippen molar-refractivity contribution >= 4 is 17.7 Å². The zero-order chi connectivity index (χ0) is 18.6. The van der Waals surface area contributed by atoms with Gasteiger partial charge in [0.2, 0.25) is 0 Å². The molecule has 5 heteroatoms. The summed E-state index contributed by atoms with van der Waals surface area (Å²) in [5.41, 5.74) is 3.15. The molecule has 142 valence electrons. The molecule has 0 saturated carbocycles. The van der Waals surface area contributed by atoms with Crippen LogP contribution in [0.5, 0.6) is 0 Å². The molecule has 2 aromatic rings. The summed E-state index contributed by atoms with van der Waals surface area (Å²) in [4.78, 5) is 19.7. The maximum Gasteiger partial charge on any atom is 0.256 e. The molecule has 0 unspecified atom stereocenters. The number of nitrogens with zero attached hydrogens (tertiary/aromatic N) is 4. The zero-order valence-electron chi connectivity index (χ0n) is 16.1. The Morgan fingerprint density at radius 3 is 2.52 bits per heavy atom. The number of amides is 1. The number of aromatic nitrogens is 1. The second-order valence-corrected chi connectivity index (χ2v) is 7.40. The summed E-state index contributed by atoms with van der Waals surface area (Å²) >= 11 is 0. The zero-order valence-corrected chi connectivity index (χ0v) is 16.1. The summed E-state index contributed by atoms with van der Waals surface area (Å²) < 4.78 is 2.01. The number of rotatable bonds is 5. The first-order chi connectivity index (χ1) is 13.2. The Kier molecular flexibility index (Phi) is 5.30. The van der Waals surface area contributed by atoms with Crippen molar-refractivity contribution in [3.63, 3.8) is 0 Å². The number of aryl methyl sites for hydroxylation is 1. The van der Waals surface area contributed by atoms with Crippen LogP contribution in [0, 0.1) is 0 Å². The molecule has 0 N–H and O–H groups in total. The van der Waals surface area contributed by atoms with Crippen LogP contribution in [-0.4, -0.2) is 66.1 Å². The van der Waals surface area contributed by atoms with Gasteiger partial charge in [-0.2, -0.15) is 0 Å². The third-order valence-electron chi connectivity index (χ3n) is 5.64. The minimum absolute atomic E-state index is 0.157. The number of piperazine rings is 1. The molecule has 0 spiro atoms. The highest BCUT2D eigenvalue weighted by molar-refractivity contribution is 5.98. The van der Waals surface area contributed by atoms with E-state index in [-0.39, 0.29) is 5.91 Å². The Morgan fingerprint density at radius 2 is 1.74 bits per heavy atom. The third-order valence-corrected chi connectivity index (χ3v) is 5.64. The second-order valence-electron chi connectivity index (χ2n) is 7.40. The smallest absolute Gasteiger partial charge is 0.256 e. The number of hydrogen-bond donors (Lipinski definition) is 0. The molecule has 2 aliphatic rings. The van der Waals surface area contributed by atoms with Crippen molar-refractivity contribution in [2.75, 3.05) is 50.7 Å². The maximum absolute atomic E-state index is 12.8. The van der Waals surface area contributed by atoms with E-state index in [2.05, 4.69) is 52.3 Å². The van der Waals surface area contributed by atoms with Crippen LogP contribution >= 0.6 is 0 Å². The van der Waals surface area contributed by atoms with Gasteiger partial charge in [-0.05, 0) is 37.2 Å². The summed E-state index contributed by atoms with van der Waals surface area (Å²) in [6, 6.07) is 12.6. The van der Waals surface area contributed by atoms with Gasteiger partial charge in [-0.25, -0.2) is 0 Å². The lowest BCUT2D eigenvalue weighted by Gasteiger charge is -2.36. The Labute approximate surface area is 161 Å². The van der Waals surface area contributed by atoms with Crippen molar-refractivity contribution in [1.29, 1.82) is 0 Å². The monoisotopic (exact) mass is 364 g/mol. The van der Waals surface area contributed by atoms with Gasteiger partial charge in [0.25, 0.3) is 5.91 Å².